The second kappa shape index (κ2) is 7.61. The van der Waals surface area contributed by atoms with Crippen LogP contribution < -0.4 is 15.4 Å². The summed E-state index contributed by atoms with van der Waals surface area (Å²) in [6.45, 7) is 0. The van der Waals surface area contributed by atoms with Gasteiger partial charge in [0, 0.05) is 29.9 Å². The molecule has 0 atom stereocenters. The van der Waals surface area contributed by atoms with Crippen molar-refractivity contribution in [2.75, 3.05) is 17.7 Å². The lowest BCUT2D eigenvalue weighted by molar-refractivity contribution is 0.102. The molecule has 3 rings (SSSR count). The first-order chi connectivity index (χ1) is 13.0. The van der Waals surface area contributed by atoms with Gasteiger partial charge in [-0.25, -0.2) is 4.79 Å². The molecule has 0 bridgehead atoms. The first-order valence-electron chi connectivity index (χ1n) is 8.06. The number of hydrogen-bond donors (Lipinski definition) is 3. The second-order valence-electron chi connectivity index (χ2n) is 5.73. The average Bonchev–Trinajstić information content (AvgIpc) is 3.02. The maximum absolute atomic E-state index is 12.5. The van der Waals surface area contributed by atoms with E-state index in [1.807, 2.05) is 0 Å². The van der Waals surface area contributed by atoms with Crippen molar-refractivity contribution in [3.63, 3.8) is 0 Å². The van der Waals surface area contributed by atoms with Crippen molar-refractivity contribution < 1.29 is 19.4 Å². The van der Waals surface area contributed by atoms with Crippen LogP contribution in [0.25, 0.3) is 11.3 Å². The molecule has 0 unspecified atom stereocenters. The minimum atomic E-state index is -1.12. The zero-order valence-corrected chi connectivity index (χ0v) is 14.8. The normalized spacial score (nSPS) is 10.3. The molecule has 3 N–H and O–H groups in total. The average molecular weight is 366 g/mol. The number of carbonyl (C=O) groups is 2. The van der Waals surface area contributed by atoms with Crippen molar-refractivity contribution in [2.24, 2.45) is 7.05 Å². The molecule has 8 heteroatoms. The van der Waals surface area contributed by atoms with Crippen molar-refractivity contribution >= 4 is 23.5 Å². The second-order valence-corrected chi connectivity index (χ2v) is 5.73. The molecule has 0 saturated heterocycles. The van der Waals surface area contributed by atoms with E-state index in [2.05, 4.69) is 15.7 Å². The number of carbonyl (C=O) groups excluding carboxylic acids is 1. The zero-order valence-electron chi connectivity index (χ0n) is 14.8. The molecule has 0 aliphatic heterocycles. The number of hydrogen-bond acceptors (Lipinski definition) is 4. The van der Waals surface area contributed by atoms with Crippen molar-refractivity contribution in [3.05, 3.63) is 60.2 Å². The minimum Gasteiger partial charge on any atom is -0.497 e. The molecular formula is C19H18N4O4. The van der Waals surface area contributed by atoms with E-state index in [-0.39, 0.29) is 5.91 Å². The highest BCUT2D eigenvalue weighted by Crippen LogP contribution is 2.23. The van der Waals surface area contributed by atoms with Crippen molar-refractivity contribution in [3.8, 4) is 17.0 Å². The molecule has 1 heterocycles. The molecule has 1 aromatic heterocycles. The van der Waals surface area contributed by atoms with Gasteiger partial charge in [-0.1, -0.05) is 18.2 Å². The fraction of sp³-hybridized carbons (Fsp3) is 0.105. The van der Waals surface area contributed by atoms with E-state index in [1.165, 1.54) is 0 Å². The summed E-state index contributed by atoms with van der Waals surface area (Å²) in [6.07, 6.45) is -1.12. The maximum Gasteiger partial charge on any atom is 0.409 e. The molecule has 8 nitrogen and oxygen atoms in total. The zero-order chi connectivity index (χ0) is 19.4. The topological polar surface area (TPSA) is 105 Å². The summed E-state index contributed by atoms with van der Waals surface area (Å²) >= 11 is 0. The molecule has 2 amide bonds. The predicted molar refractivity (Wildman–Crippen MR) is 101 cm³/mol. The van der Waals surface area contributed by atoms with Crippen LogP contribution in [0.3, 0.4) is 0 Å². The number of carboxylic acid groups (broad SMARTS) is 1. The predicted octanol–water partition coefficient (Wildman–Crippen LogP) is 3.44. The highest BCUT2D eigenvalue weighted by atomic mass is 16.5. The quantitative estimate of drug-likeness (QED) is 0.641. The molecule has 0 saturated carbocycles. The van der Waals surface area contributed by atoms with Crippen LogP contribution in [-0.2, 0) is 7.05 Å². The van der Waals surface area contributed by atoms with Gasteiger partial charge in [-0.15, -0.1) is 0 Å². The standard InChI is InChI=1S/C19H18N4O4/c1-23-17(21-18(24)13-4-3-5-15(10-13)27-2)11-16(22-23)12-6-8-14(9-7-12)20-19(25)26/h3-11,20H,1-2H3,(H,21,24)(H,25,26). The number of aryl methyl sites for hydroxylation is 1. The number of nitrogens with one attached hydrogen (secondary N) is 2. The van der Waals surface area contributed by atoms with Crippen LogP contribution in [0.15, 0.2) is 54.6 Å². The van der Waals surface area contributed by atoms with Gasteiger partial charge in [-0.3, -0.25) is 14.8 Å². The molecule has 27 heavy (non-hydrogen) atoms. The van der Waals surface area contributed by atoms with Crippen LogP contribution in [0.4, 0.5) is 16.3 Å². The smallest absolute Gasteiger partial charge is 0.409 e. The van der Waals surface area contributed by atoms with Gasteiger partial charge < -0.3 is 15.2 Å². The van der Waals surface area contributed by atoms with E-state index >= 15 is 0 Å². The number of amides is 2. The Morgan fingerprint density at radius 1 is 1.07 bits per heavy atom. The Hall–Kier alpha value is -3.81. The fourth-order valence-electron chi connectivity index (χ4n) is 2.53. The summed E-state index contributed by atoms with van der Waals surface area (Å²) in [4.78, 5) is 23.1. The Bertz CT molecular complexity index is 980. The Balaban J connectivity index is 1.77. The monoisotopic (exact) mass is 366 g/mol. The van der Waals surface area contributed by atoms with Crippen LogP contribution in [-0.4, -0.2) is 34.0 Å². The number of aromatic nitrogens is 2. The van der Waals surface area contributed by atoms with E-state index in [4.69, 9.17) is 9.84 Å². The Kier molecular flexibility index (Phi) is 5.07. The van der Waals surface area contributed by atoms with Gasteiger partial charge in [-0.05, 0) is 30.3 Å². The number of methoxy groups -OCH3 is 1. The first-order valence-corrected chi connectivity index (χ1v) is 8.06. The van der Waals surface area contributed by atoms with E-state index in [1.54, 1.807) is 73.4 Å². The number of nitrogens with zero attached hydrogens (tertiary/aromatic N) is 2. The SMILES string of the molecule is COc1cccc(C(=O)Nc2cc(-c3ccc(NC(=O)O)cc3)nn2C)c1. The van der Waals surface area contributed by atoms with Crippen LogP contribution in [0, 0.1) is 0 Å². The van der Waals surface area contributed by atoms with Gasteiger partial charge in [0.05, 0.1) is 12.8 Å². The van der Waals surface area contributed by atoms with E-state index < -0.39 is 6.09 Å². The fourth-order valence-corrected chi connectivity index (χ4v) is 2.53. The van der Waals surface area contributed by atoms with Gasteiger partial charge in [0.25, 0.3) is 5.91 Å². The van der Waals surface area contributed by atoms with E-state index in [0.29, 0.717) is 28.5 Å². The number of rotatable bonds is 5. The van der Waals surface area contributed by atoms with Gasteiger partial charge in [0.2, 0.25) is 0 Å². The molecule has 0 spiro atoms. The summed E-state index contributed by atoms with van der Waals surface area (Å²) in [5.74, 6) is 0.860. The minimum absolute atomic E-state index is 0.274. The van der Waals surface area contributed by atoms with Crippen molar-refractivity contribution in [1.29, 1.82) is 0 Å². The Labute approximate surface area is 155 Å². The van der Waals surface area contributed by atoms with Crippen LogP contribution in [0.1, 0.15) is 10.4 Å². The number of benzene rings is 2. The lowest BCUT2D eigenvalue weighted by Crippen LogP contribution is -2.14. The highest BCUT2D eigenvalue weighted by molar-refractivity contribution is 6.04. The Morgan fingerprint density at radius 3 is 2.48 bits per heavy atom. The molecule has 0 aliphatic rings. The summed E-state index contributed by atoms with van der Waals surface area (Å²) < 4.78 is 6.70. The van der Waals surface area contributed by atoms with Gasteiger partial charge in [0.1, 0.15) is 11.6 Å². The third-order valence-electron chi connectivity index (χ3n) is 3.89. The molecular weight excluding hydrogens is 348 g/mol. The summed E-state index contributed by atoms with van der Waals surface area (Å²) in [5.41, 5.74) is 2.39. The molecule has 0 radical (unpaired) electrons. The highest BCUT2D eigenvalue weighted by Gasteiger charge is 2.12. The molecule has 2 aromatic carbocycles. The third-order valence-corrected chi connectivity index (χ3v) is 3.89. The van der Waals surface area contributed by atoms with Gasteiger partial charge in [-0.2, -0.15) is 5.10 Å². The van der Waals surface area contributed by atoms with Gasteiger partial charge >= 0.3 is 6.09 Å². The van der Waals surface area contributed by atoms with Crippen LogP contribution >= 0.6 is 0 Å². The summed E-state index contributed by atoms with van der Waals surface area (Å²) in [5, 5.41) is 18.2. The van der Waals surface area contributed by atoms with Crippen molar-refractivity contribution in [2.45, 2.75) is 0 Å². The molecule has 0 aliphatic carbocycles. The first kappa shape index (κ1) is 18.0. The molecule has 138 valence electrons. The number of ether oxygens (including phenoxy) is 1. The van der Waals surface area contributed by atoms with E-state index in [9.17, 15) is 9.59 Å². The third kappa shape index (κ3) is 4.24. The molecule has 3 aromatic rings. The van der Waals surface area contributed by atoms with E-state index in [0.717, 1.165) is 5.56 Å². The lowest BCUT2D eigenvalue weighted by atomic mass is 10.1. The van der Waals surface area contributed by atoms with Gasteiger partial charge in [0.15, 0.2) is 0 Å². The van der Waals surface area contributed by atoms with Crippen molar-refractivity contribution in [1.82, 2.24) is 9.78 Å². The lowest BCUT2D eigenvalue weighted by Gasteiger charge is -2.06. The summed E-state index contributed by atoms with van der Waals surface area (Å²) in [6, 6.07) is 15.4. The number of anilines is 2. The van der Waals surface area contributed by atoms with Crippen LogP contribution in [0.2, 0.25) is 0 Å². The summed E-state index contributed by atoms with van der Waals surface area (Å²) in [7, 11) is 3.27. The maximum atomic E-state index is 12.5. The Morgan fingerprint density at radius 2 is 1.81 bits per heavy atom. The molecule has 0 fully saturated rings. The largest absolute Gasteiger partial charge is 0.497 e. The van der Waals surface area contributed by atoms with Crippen LogP contribution in [0.5, 0.6) is 5.75 Å².